The van der Waals surface area contributed by atoms with Crippen LogP contribution in [0.15, 0.2) is 29.2 Å². The zero-order valence-electron chi connectivity index (χ0n) is 14.3. The van der Waals surface area contributed by atoms with E-state index >= 15 is 0 Å². The van der Waals surface area contributed by atoms with Crippen LogP contribution in [0.3, 0.4) is 0 Å². The van der Waals surface area contributed by atoms with Crippen molar-refractivity contribution >= 4 is 28.3 Å². The molecule has 8 heteroatoms. The highest BCUT2D eigenvalue weighted by Crippen LogP contribution is 2.21. The van der Waals surface area contributed by atoms with Crippen LogP contribution < -0.4 is 5.73 Å². The average Bonchev–Trinajstić information content (AvgIpc) is 3.01. The fourth-order valence-electron chi connectivity index (χ4n) is 2.73. The Morgan fingerprint density at radius 2 is 1.92 bits per heavy atom. The van der Waals surface area contributed by atoms with Gasteiger partial charge in [0.25, 0.3) is 5.91 Å². The first-order valence-corrected chi connectivity index (χ1v) is 9.32. The number of rotatable bonds is 5. The predicted octanol–water partition coefficient (Wildman–Crippen LogP) is 1.70. The van der Waals surface area contributed by atoms with Crippen LogP contribution in [0, 0.1) is 0 Å². The number of hydrogen-bond acceptors (Lipinski definition) is 4. The van der Waals surface area contributed by atoms with Crippen molar-refractivity contribution in [2.24, 2.45) is 5.73 Å². The molecule has 2 N–H and O–H groups in total. The molecule has 1 atom stereocenters. The van der Waals surface area contributed by atoms with Gasteiger partial charge >= 0.3 is 0 Å². The van der Waals surface area contributed by atoms with E-state index < -0.39 is 10.0 Å². The van der Waals surface area contributed by atoms with E-state index in [2.05, 4.69) is 0 Å². The van der Waals surface area contributed by atoms with E-state index in [-0.39, 0.29) is 35.3 Å². The van der Waals surface area contributed by atoms with E-state index in [4.69, 9.17) is 5.73 Å². The van der Waals surface area contributed by atoms with Crippen molar-refractivity contribution in [3.05, 3.63) is 29.8 Å². The monoisotopic (exact) mass is 375 g/mol. The minimum atomic E-state index is -3.53. The van der Waals surface area contributed by atoms with Gasteiger partial charge < -0.3 is 10.6 Å². The van der Waals surface area contributed by atoms with Gasteiger partial charge in [0, 0.05) is 37.8 Å². The molecule has 1 aliphatic rings. The number of sulfonamides is 1. The predicted molar refractivity (Wildman–Crippen MR) is 96.9 cm³/mol. The molecule has 136 valence electrons. The Hall–Kier alpha value is -1.15. The molecule has 0 saturated carbocycles. The van der Waals surface area contributed by atoms with Crippen LogP contribution in [0.5, 0.6) is 0 Å². The lowest BCUT2D eigenvalue weighted by atomic mass is 10.1. The summed E-state index contributed by atoms with van der Waals surface area (Å²) in [5, 5.41) is 0. The SMILES string of the molecule is CC(C)N(C)S(=O)(=O)c1ccc(C(=O)N2CCCC2CN)cc1.Cl. The van der Waals surface area contributed by atoms with Gasteiger partial charge in [-0.05, 0) is 51.0 Å². The maximum Gasteiger partial charge on any atom is 0.254 e. The number of benzene rings is 1. The molecule has 1 saturated heterocycles. The third-order valence-corrected chi connectivity index (χ3v) is 6.46. The molecule has 1 heterocycles. The first-order chi connectivity index (χ1) is 10.8. The largest absolute Gasteiger partial charge is 0.334 e. The van der Waals surface area contributed by atoms with E-state index in [0.29, 0.717) is 18.7 Å². The van der Waals surface area contributed by atoms with E-state index in [0.717, 1.165) is 12.8 Å². The average molecular weight is 376 g/mol. The van der Waals surface area contributed by atoms with Crippen LogP contribution >= 0.6 is 12.4 Å². The Kier molecular flexibility index (Phi) is 7.22. The summed E-state index contributed by atoms with van der Waals surface area (Å²) in [6.07, 6.45) is 1.88. The minimum absolute atomic E-state index is 0. The molecule has 0 spiro atoms. The summed E-state index contributed by atoms with van der Waals surface area (Å²) < 4.78 is 26.2. The molecule has 0 bridgehead atoms. The Labute approximate surface area is 150 Å². The van der Waals surface area contributed by atoms with E-state index in [1.807, 2.05) is 13.8 Å². The van der Waals surface area contributed by atoms with Crippen LogP contribution in [0.25, 0.3) is 0 Å². The lowest BCUT2D eigenvalue weighted by Crippen LogP contribution is -2.39. The summed E-state index contributed by atoms with van der Waals surface area (Å²) >= 11 is 0. The van der Waals surface area contributed by atoms with Crippen molar-refractivity contribution in [3.8, 4) is 0 Å². The number of nitrogens with zero attached hydrogens (tertiary/aromatic N) is 2. The minimum Gasteiger partial charge on any atom is -0.334 e. The van der Waals surface area contributed by atoms with Gasteiger partial charge in [0.05, 0.1) is 4.90 Å². The number of halogens is 1. The molecule has 1 amide bonds. The van der Waals surface area contributed by atoms with Crippen molar-refractivity contribution in [1.82, 2.24) is 9.21 Å². The summed E-state index contributed by atoms with van der Waals surface area (Å²) in [6, 6.07) is 6.10. The molecule has 2 rings (SSSR count). The summed E-state index contributed by atoms with van der Waals surface area (Å²) in [7, 11) is -1.98. The highest BCUT2D eigenvalue weighted by atomic mass is 35.5. The molecule has 0 aliphatic carbocycles. The second kappa shape index (κ2) is 8.29. The molecule has 1 fully saturated rings. The zero-order chi connectivity index (χ0) is 17.2. The smallest absolute Gasteiger partial charge is 0.254 e. The maximum absolute atomic E-state index is 12.5. The van der Waals surface area contributed by atoms with Gasteiger partial charge in [0.2, 0.25) is 10.0 Å². The van der Waals surface area contributed by atoms with E-state index in [9.17, 15) is 13.2 Å². The van der Waals surface area contributed by atoms with Crippen LogP contribution in [0.1, 0.15) is 37.0 Å². The van der Waals surface area contributed by atoms with Gasteiger partial charge in [-0.3, -0.25) is 4.79 Å². The van der Waals surface area contributed by atoms with Gasteiger partial charge in [0.1, 0.15) is 0 Å². The second-order valence-electron chi connectivity index (χ2n) is 6.17. The molecule has 0 radical (unpaired) electrons. The van der Waals surface area contributed by atoms with E-state index in [1.54, 1.807) is 24.1 Å². The first kappa shape index (κ1) is 20.9. The third kappa shape index (κ3) is 4.08. The highest BCUT2D eigenvalue weighted by Gasteiger charge is 2.29. The molecule has 1 unspecified atom stereocenters. The van der Waals surface area contributed by atoms with Gasteiger partial charge in [-0.25, -0.2) is 8.42 Å². The summed E-state index contributed by atoms with van der Waals surface area (Å²) in [6.45, 7) is 4.79. The molecule has 1 aliphatic heterocycles. The molecule has 0 aromatic heterocycles. The fourth-order valence-corrected chi connectivity index (χ4v) is 4.09. The second-order valence-corrected chi connectivity index (χ2v) is 8.17. The molecular formula is C16H26ClN3O3S. The number of likely N-dealkylation sites (tertiary alicyclic amines) is 1. The molecule has 1 aromatic rings. The number of hydrogen-bond donors (Lipinski definition) is 1. The number of carbonyl (C=O) groups excluding carboxylic acids is 1. The fraction of sp³-hybridized carbons (Fsp3) is 0.562. The summed E-state index contributed by atoms with van der Waals surface area (Å²) in [4.78, 5) is 14.5. The Balaban J connectivity index is 0.00000288. The lowest BCUT2D eigenvalue weighted by molar-refractivity contribution is 0.0741. The Morgan fingerprint density at radius 1 is 1.33 bits per heavy atom. The van der Waals surface area contributed by atoms with Crippen molar-refractivity contribution < 1.29 is 13.2 Å². The highest BCUT2D eigenvalue weighted by molar-refractivity contribution is 7.89. The molecule has 1 aromatic carbocycles. The lowest BCUT2D eigenvalue weighted by Gasteiger charge is -2.24. The van der Waals surface area contributed by atoms with Crippen LogP contribution in [0.2, 0.25) is 0 Å². The quantitative estimate of drug-likeness (QED) is 0.848. The maximum atomic E-state index is 12.5. The molecule has 24 heavy (non-hydrogen) atoms. The van der Waals surface area contributed by atoms with Gasteiger partial charge in [-0.15, -0.1) is 12.4 Å². The first-order valence-electron chi connectivity index (χ1n) is 7.88. The Bertz CT molecular complexity index is 662. The number of amides is 1. The number of nitrogens with two attached hydrogens (primary N) is 1. The van der Waals surface area contributed by atoms with Gasteiger partial charge in [0.15, 0.2) is 0 Å². The van der Waals surface area contributed by atoms with Crippen molar-refractivity contribution in [1.29, 1.82) is 0 Å². The van der Waals surface area contributed by atoms with Crippen molar-refractivity contribution in [2.75, 3.05) is 20.1 Å². The van der Waals surface area contributed by atoms with Crippen molar-refractivity contribution in [2.45, 2.75) is 43.7 Å². The molecule has 6 nitrogen and oxygen atoms in total. The Morgan fingerprint density at radius 3 is 2.42 bits per heavy atom. The van der Waals surface area contributed by atoms with Crippen molar-refractivity contribution in [3.63, 3.8) is 0 Å². The summed E-state index contributed by atoms with van der Waals surface area (Å²) in [5.74, 6) is -0.0842. The van der Waals surface area contributed by atoms with Gasteiger partial charge in [-0.2, -0.15) is 4.31 Å². The normalized spacial score (nSPS) is 18.1. The molecular weight excluding hydrogens is 350 g/mol. The van der Waals surface area contributed by atoms with Gasteiger partial charge in [-0.1, -0.05) is 0 Å². The summed E-state index contributed by atoms with van der Waals surface area (Å²) in [5.41, 5.74) is 6.20. The van der Waals surface area contributed by atoms with E-state index in [1.165, 1.54) is 16.4 Å². The number of carbonyl (C=O) groups is 1. The third-order valence-electron chi connectivity index (χ3n) is 4.42. The van der Waals surface area contributed by atoms with Crippen LogP contribution in [-0.4, -0.2) is 55.8 Å². The standard InChI is InChI=1S/C16H25N3O3S.ClH/c1-12(2)18(3)23(21,22)15-8-6-13(7-9-15)16(20)19-10-4-5-14(19)11-17;/h6-9,12,14H,4-5,10-11,17H2,1-3H3;1H. The van der Waals surface area contributed by atoms with Crippen LogP contribution in [0.4, 0.5) is 0 Å². The topological polar surface area (TPSA) is 83.7 Å². The zero-order valence-corrected chi connectivity index (χ0v) is 15.9. The van der Waals surface area contributed by atoms with Crippen LogP contribution in [-0.2, 0) is 10.0 Å².